The summed E-state index contributed by atoms with van der Waals surface area (Å²) in [4.78, 5) is 10.0. The quantitative estimate of drug-likeness (QED) is 0.416. The van der Waals surface area contributed by atoms with Crippen molar-refractivity contribution in [2.75, 3.05) is 6.61 Å². The molecule has 0 aromatic rings. The third-order valence-electron chi connectivity index (χ3n) is 1.52. The largest absolute Gasteiger partial charge is 0.481 e. The highest BCUT2D eigenvalue weighted by Crippen LogP contribution is 2.04. The van der Waals surface area contributed by atoms with Gasteiger partial charge >= 0.3 is 5.97 Å². The van der Waals surface area contributed by atoms with E-state index in [1.165, 1.54) is 0 Å². The normalized spacial score (nSPS) is 15.6. The lowest BCUT2D eigenvalue weighted by Crippen LogP contribution is -2.29. The van der Waals surface area contributed by atoms with Gasteiger partial charge in [0, 0.05) is 6.42 Å². The fourth-order valence-corrected chi connectivity index (χ4v) is 0.776. The Hall–Kier alpha value is -0.650. The molecule has 0 aliphatic heterocycles. The van der Waals surface area contributed by atoms with Crippen molar-refractivity contribution in [2.45, 2.75) is 31.5 Å². The first-order valence-electron chi connectivity index (χ1n) is 3.76. The molecular weight excluding hydrogens is 164 g/mol. The molecule has 0 amide bonds. The monoisotopic (exact) mass is 178 g/mol. The van der Waals surface area contributed by atoms with Gasteiger partial charge in [0.1, 0.15) is 6.10 Å². The topological polar surface area (TPSA) is 98.0 Å². The number of aliphatic hydroxyl groups is 3. The van der Waals surface area contributed by atoms with Crippen LogP contribution in [0.1, 0.15) is 19.3 Å². The molecule has 72 valence electrons. The minimum absolute atomic E-state index is 0.0325. The SMILES string of the molecule is O=C(O)CCCC(O)C(O)CO. The maximum Gasteiger partial charge on any atom is 0.303 e. The summed E-state index contributed by atoms with van der Waals surface area (Å²) in [6.07, 6.45) is -1.75. The van der Waals surface area contributed by atoms with Gasteiger partial charge in [-0.2, -0.15) is 0 Å². The molecule has 4 N–H and O–H groups in total. The highest BCUT2D eigenvalue weighted by molar-refractivity contribution is 5.66. The van der Waals surface area contributed by atoms with Gasteiger partial charge < -0.3 is 20.4 Å². The number of carboxylic acid groups (broad SMARTS) is 1. The van der Waals surface area contributed by atoms with Gasteiger partial charge in [-0.3, -0.25) is 4.79 Å². The average Bonchev–Trinajstić information content (AvgIpc) is 2.02. The second kappa shape index (κ2) is 5.93. The van der Waals surface area contributed by atoms with E-state index in [1.54, 1.807) is 0 Å². The fourth-order valence-electron chi connectivity index (χ4n) is 0.776. The summed E-state index contributed by atoms with van der Waals surface area (Å²) in [6.45, 7) is -0.506. The summed E-state index contributed by atoms with van der Waals surface area (Å²) in [5.41, 5.74) is 0. The zero-order valence-electron chi connectivity index (χ0n) is 6.68. The van der Waals surface area contributed by atoms with E-state index in [0.29, 0.717) is 6.42 Å². The highest BCUT2D eigenvalue weighted by atomic mass is 16.4. The molecule has 5 nitrogen and oxygen atoms in total. The maximum absolute atomic E-state index is 10.0. The minimum Gasteiger partial charge on any atom is -0.481 e. The second-order valence-electron chi connectivity index (χ2n) is 2.60. The minimum atomic E-state index is -1.17. The summed E-state index contributed by atoms with van der Waals surface area (Å²) in [5.74, 6) is -0.930. The van der Waals surface area contributed by atoms with Gasteiger partial charge in [-0.15, -0.1) is 0 Å². The van der Waals surface area contributed by atoms with E-state index in [1.807, 2.05) is 0 Å². The standard InChI is InChI=1S/C7H14O5/c8-4-6(10)5(9)2-1-3-7(11)12/h5-6,8-10H,1-4H2,(H,11,12). The van der Waals surface area contributed by atoms with Gasteiger partial charge in [-0.1, -0.05) is 0 Å². The van der Waals surface area contributed by atoms with Crippen molar-refractivity contribution >= 4 is 5.97 Å². The Kier molecular flexibility index (Phi) is 5.61. The summed E-state index contributed by atoms with van der Waals surface area (Å²) in [6, 6.07) is 0. The van der Waals surface area contributed by atoms with Gasteiger partial charge in [0.2, 0.25) is 0 Å². The number of hydrogen-bond acceptors (Lipinski definition) is 4. The van der Waals surface area contributed by atoms with Gasteiger partial charge in [0.25, 0.3) is 0 Å². The van der Waals surface area contributed by atoms with Crippen molar-refractivity contribution in [3.63, 3.8) is 0 Å². The van der Waals surface area contributed by atoms with Gasteiger partial charge in [-0.05, 0) is 12.8 Å². The molecule has 0 heterocycles. The van der Waals surface area contributed by atoms with E-state index in [0.717, 1.165) is 0 Å². The molecule has 2 atom stereocenters. The molecule has 0 aliphatic carbocycles. The summed E-state index contributed by atoms with van der Waals surface area (Å²) in [7, 11) is 0. The van der Waals surface area contributed by atoms with E-state index >= 15 is 0 Å². The van der Waals surface area contributed by atoms with Crippen LogP contribution in [-0.4, -0.2) is 45.2 Å². The number of carboxylic acids is 1. The maximum atomic E-state index is 10.0. The Morgan fingerprint density at radius 3 is 2.25 bits per heavy atom. The van der Waals surface area contributed by atoms with Crippen LogP contribution in [0.25, 0.3) is 0 Å². The van der Waals surface area contributed by atoms with E-state index in [-0.39, 0.29) is 12.8 Å². The van der Waals surface area contributed by atoms with Crippen LogP contribution in [0.15, 0.2) is 0 Å². The molecule has 0 radical (unpaired) electrons. The van der Waals surface area contributed by atoms with Gasteiger partial charge in [0.15, 0.2) is 0 Å². The van der Waals surface area contributed by atoms with Crippen molar-refractivity contribution in [3.8, 4) is 0 Å². The van der Waals surface area contributed by atoms with Gasteiger partial charge in [-0.25, -0.2) is 0 Å². The molecule has 0 aromatic heterocycles. The predicted octanol–water partition coefficient (Wildman–Crippen LogP) is -1.04. The zero-order chi connectivity index (χ0) is 9.56. The lowest BCUT2D eigenvalue weighted by Gasteiger charge is -2.14. The highest BCUT2D eigenvalue weighted by Gasteiger charge is 2.14. The van der Waals surface area contributed by atoms with Crippen molar-refractivity contribution in [3.05, 3.63) is 0 Å². The first kappa shape index (κ1) is 11.4. The van der Waals surface area contributed by atoms with Crippen LogP contribution in [0.2, 0.25) is 0 Å². The summed E-state index contributed by atoms with van der Waals surface area (Å²) >= 11 is 0. The molecular formula is C7H14O5. The molecule has 0 bridgehead atoms. The summed E-state index contributed by atoms with van der Waals surface area (Å²) < 4.78 is 0. The Balaban J connectivity index is 3.43. The third-order valence-corrected chi connectivity index (χ3v) is 1.52. The Morgan fingerprint density at radius 1 is 1.25 bits per heavy atom. The molecule has 0 fully saturated rings. The van der Waals surface area contributed by atoms with Crippen molar-refractivity contribution < 1.29 is 25.2 Å². The zero-order valence-corrected chi connectivity index (χ0v) is 6.68. The molecule has 12 heavy (non-hydrogen) atoms. The van der Waals surface area contributed by atoms with Crippen LogP contribution in [0.3, 0.4) is 0 Å². The van der Waals surface area contributed by atoms with Crippen LogP contribution in [-0.2, 0) is 4.79 Å². The Labute approximate surface area is 70.3 Å². The van der Waals surface area contributed by atoms with Crippen LogP contribution >= 0.6 is 0 Å². The number of carbonyl (C=O) groups is 1. The van der Waals surface area contributed by atoms with E-state index in [9.17, 15) is 4.79 Å². The lowest BCUT2D eigenvalue weighted by molar-refractivity contribution is -0.137. The van der Waals surface area contributed by atoms with Crippen LogP contribution in [0.4, 0.5) is 0 Å². The van der Waals surface area contributed by atoms with Gasteiger partial charge in [0.05, 0.1) is 12.7 Å². The molecule has 0 rings (SSSR count). The Morgan fingerprint density at radius 2 is 1.83 bits per heavy atom. The lowest BCUT2D eigenvalue weighted by atomic mass is 10.1. The molecule has 0 aromatic carbocycles. The number of hydrogen-bond donors (Lipinski definition) is 4. The first-order valence-corrected chi connectivity index (χ1v) is 3.76. The fraction of sp³-hybridized carbons (Fsp3) is 0.857. The van der Waals surface area contributed by atoms with Crippen LogP contribution < -0.4 is 0 Å². The number of aliphatic hydroxyl groups excluding tert-OH is 3. The molecule has 0 saturated heterocycles. The smallest absolute Gasteiger partial charge is 0.303 e. The molecule has 0 aliphatic rings. The van der Waals surface area contributed by atoms with Crippen molar-refractivity contribution in [2.24, 2.45) is 0 Å². The third kappa shape index (κ3) is 5.06. The molecule has 2 unspecified atom stereocenters. The van der Waals surface area contributed by atoms with Crippen molar-refractivity contribution in [1.82, 2.24) is 0 Å². The first-order chi connectivity index (χ1) is 5.57. The predicted molar refractivity (Wildman–Crippen MR) is 40.6 cm³/mol. The number of aliphatic carboxylic acids is 1. The second-order valence-corrected chi connectivity index (χ2v) is 2.60. The summed E-state index contributed by atoms with van der Waals surface area (Å²) in [5, 5.41) is 34.5. The Bertz CT molecular complexity index is 136. The van der Waals surface area contributed by atoms with Crippen LogP contribution in [0, 0.1) is 0 Å². The number of rotatable bonds is 6. The van der Waals surface area contributed by atoms with E-state index in [2.05, 4.69) is 0 Å². The van der Waals surface area contributed by atoms with Crippen molar-refractivity contribution in [1.29, 1.82) is 0 Å². The van der Waals surface area contributed by atoms with E-state index in [4.69, 9.17) is 20.4 Å². The van der Waals surface area contributed by atoms with Crippen LogP contribution in [0.5, 0.6) is 0 Å². The molecule has 0 saturated carbocycles. The molecule has 5 heteroatoms. The average molecular weight is 178 g/mol. The molecule has 0 spiro atoms. The van der Waals surface area contributed by atoms with E-state index < -0.39 is 24.8 Å².